The molecule has 0 aliphatic carbocycles. The topological polar surface area (TPSA) is 99.2 Å². The van der Waals surface area contributed by atoms with Crippen LogP contribution in [-0.2, 0) is 9.53 Å². The number of halogens is 2. The summed E-state index contributed by atoms with van der Waals surface area (Å²) in [6.07, 6.45) is -1.12. The number of rotatable bonds is 5. The first-order chi connectivity index (χ1) is 13.3. The Hall–Kier alpha value is -3.20. The third-order valence-corrected chi connectivity index (χ3v) is 4.16. The standard InChI is InChI=1S/C18H16ClFN4O4/c1-9-8-14(28-23-9)21-17(25)11(3)27-18(26)15-10(2)22-24(16(15)19)13-6-4-12(20)5-7-13/h4-8,11H,1-3H3,(H,21,25). The predicted octanol–water partition coefficient (Wildman–Crippen LogP) is 3.45. The fraction of sp³-hybridized carbons (Fsp3) is 0.222. The largest absolute Gasteiger partial charge is 0.449 e. The van der Waals surface area contributed by atoms with E-state index in [2.05, 4.69) is 15.6 Å². The van der Waals surface area contributed by atoms with Crippen molar-refractivity contribution in [2.24, 2.45) is 0 Å². The van der Waals surface area contributed by atoms with Crippen molar-refractivity contribution in [1.82, 2.24) is 14.9 Å². The molecule has 0 fully saturated rings. The molecular weight excluding hydrogens is 391 g/mol. The number of esters is 1. The summed E-state index contributed by atoms with van der Waals surface area (Å²) in [5, 5.41) is 10.3. The van der Waals surface area contributed by atoms with Crippen LogP contribution < -0.4 is 5.32 Å². The van der Waals surface area contributed by atoms with E-state index >= 15 is 0 Å². The van der Waals surface area contributed by atoms with Gasteiger partial charge in [-0.3, -0.25) is 10.1 Å². The number of aryl methyl sites for hydroxylation is 2. The number of aromatic nitrogens is 3. The molecular formula is C18H16ClFN4O4. The second kappa shape index (κ2) is 7.81. The molecule has 2 aromatic heterocycles. The molecule has 3 rings (SSSR count). The molecule has 3 aromatic rings. The quantitative estimate of drug-likeness (QED) is 0.651. The van der Waals surface area contributed by atoms with E-state index in [1.807, 2.05) is 0 Å². The lowest BCUT2D eigenvalue weighted by Crippen LogP contribution is -2.30. The first kappa shape index (κ1) is 19.6. The highest BCUT2D eigenvalue weighted by molar-refractivity contribution is 6.33. The molecule has 146 valence electrons. The lowest BCUT2D eigenvalue weighted by molar-refractivity contribution is -0.123. The average Bonchev–Trinajstić information content (AvgIpc) is 3.18. The van der Waals surface area contributed by atoms with Gasteiger partial charge in [-0.15, -0.1) is 0 Å². The van der Waals surface area contributed by atoms with Gasteiger partial charge in [-0.2, -0.15) is 5.10 Å². The molecule has 0 aliphatic rings. The van der Waals surface area contributed by atoms with Gasteiger partial charge >= 0.3 is 5.97 Å². The molecule has 1 aromatic carbocycles. The number of ether oxygens (including phenoxy) is 1. The third kappa shape index (κ3) is 4.04. The zero-order chi connectivity index (χ0) is 20.4. The Morgan fingerprint density at radius 3 is 2.57 bits per heavy atom. The van der Waals surface area contributed by atoms with Crippen molar-refractivity contribution >= 4 is 29.4 Å². The van der Waals surface area contributed by atoms with E-state index < -0.39 is 23.8 Å². The van der Waals surface area contributed by atoms with Crippen molar-refractivity contribution < 1.29 is 23.2 Å². The fourth-order valence-corrected chi connectivity index (χ4v) is 2.75. The molecule has 1 amide bonds. The first-order valence-electron chi connectivity index (χ1n) is 8.22. The molecule has 0 aliphatic heterocycles. The SMILES string of the molecule is Cc1cc(NC(=O)C(C)OC(=O)c2c(C)nn(-c3ccc(F)cc3)c2Cl)on1. The van der Waals surface area contributed by atoms with Gasteiger partial charge < -0.3 is 9.26 Å². The number of carbonyl (C=O) groups excluding carboxylic acids is 2. The van der Waals surface area contributed by atoms with Crippen LogP contribution in [0.5, 0.6) is 0 Å². The molecule has 0 bridgehead atoms. The van der Waals surface area contributed by atoms with Crippen LogP contribution in [-0.4, -0.2) is 32.9 Å². The van der Waals surface area contributed by atoms with Gasteiger partial charge in [0.2, 0.25) is 5.88 Å². The van der Waals surface area contributed by atoms with Gasteiger partial charge in [-0.05, 0) is 45.0 Å². The minimum Gasteiger partial charge on any atom is -0.449 e. The van der Waals surface area contributed by atoms with E-state index in [0.29, 0.717) is 17.1 Å². The van der Waals surface area contributed by atoms with E-state index in [-0.39, 0.29) is 16.6 Å². The second-order valence-electron chi connectivity index (χ2n) is 6.01. The van der Waals surface area contributed by atoms with Crippen LogP contribution in [0.15, 0.2) is 34.9 Å². The van der Waals surface area contributed by atoms with E-state index in [9.17, 15) is 14.0 Å². The Balaban J connectivity index is 1.75. The van der Waals surface area contributed by atoms with E-state index in [1.54, 1.807) is 13.8 Å². The maximum absolute atomic E-state index is 13.1. The van der Waals surface area contributed by atoms with Gasteiger partial charge in [0.05, 0.1) is 17.1 Å². The molecule has 0 radical (unpaired) electrons. The molecule has 28 heavy (non-hydrogen) atoms. The third-order valence-electron chi connectivity index (χ3n) is 3.81. The first-order valence-corrected chi connectivity index (χ1v) is 8.60. The van der Waals surface area contributed by atoms with E-state index in [1.165, 1.54) is 41.9 Å². The van der Waals surface area contributed by atoms with Crippen molar-refractivity contribution in [3.8, 4) is 5.69 Å². The Bertz CT molecular complexity index is 1030. The maximum atomic E-state index is 13.1. The summed E-state index contributed by atoms with van der Waals surface area (Å²) in [4.78, 5) is 24.7. The zero-order valence-corrected chi connectivity index (χ0v) is 16.0. The number of nitrogens with one attached hydrogen (secondary N) is 1. The smallest absolute Gasteiger partial charge is 0.344 e. The summed E-state index contributed by atoms with van der Waals surface area (Å²) < 4.78 is 24.5. The minimum atomic E-state index is -1.12. The fourth-order valence-electron chi connectivity index (χ4n) is 2.40. The van der Waals surface area contributed by atoms with Crippen LogP contribution in [0.4, 0.5) is 10.3 Å². The van der Waals surface area contributed by atoms with Crippen LogP contribution in [0.2, 0.25) is 5.15 Å². The van der Waals surface area contributed by atoms with Gasteiger partial charge in [0.1, 0.15) is 16.5 Å². The lowest BCUT2D eigenvalue weighted by Gasteiger charge is -2.12. The highest BCUT2D eigenvalue weighted by Gasteiger charge is 2.26. The Kier molecular flexibility index (Phi) is 5.46. The zero-order valence-electron chi connectivity index (χ0n) is 15.2. The number of carbonyl (C=O) groups is 2. The van der Waals surface area contributed by atoms with Crippen LogP contribution in [0, 0.1) is 19.7 Å². The number of benzene rings is 1. The summed E-state index contributed by atoms with van der Waals surface area (Å²) in [6, 6.07) is 6.97. The molecule has 8 nitrogen and oxygen atoms in total. The highest BCUT2D eigenvalue weighted by Crippen LogP contribution is 2.25. The summed E-state index contributed by atoms with van der Waals surface area (Å²) in [7, 11) is 0. The Morgan fingerprint density at radius 1 is 1.29 bits per heavy atom. The molecule has 10 heteroatoms. The van der Waals surface area contributed by atoms with Gasteiger partial charge in [-0.25, -0.2) is 13.9 Å². The van der Waals surface area contributed by atoms with Crippen molar-refractivity contribution in [3.05, 3.63) is 58.3 Å². The van der Waals surface area contributed by atoms with Crippen LogP contribution in [0.25, 0.3) is 5.69 Å². The van der Waals surface area contributed by atoms with Gasteiger partial charge in [0, 0.05) is 6.07 Å². The van der Waals surface area contributed by atoms with Gasteiger partial charge in [-0.1, -0.05) is 16.8 Å². The Labute approximate surface area is 164 Å². The average molecular weight is 407 g/mol. The summed E-state index contributed by atoms with van der Waals surface area (Å²) in [5.74, 6) is -1.68. The summed E-state index contributed by atoms with van der Waals surface area (Å²) in [6.45, 7) is 4.68. The highest BCUT2D eigenvalue weighted by atomic mass is 35.5. The number of anilines is 1. The molecule has 0 saturated heterocycles. The molecule has 2 heterocycles. The molecule has 1 unspecified atom stereocenters. The lowest BCUT2D eigenvalue weighted by atomic mass is 10.2. The molecule has 0 saturated carbocycles. The van der Waals surface area contributed by atoms with Crippen molar-refractivity contribution in [1.29, 1.82) is 0 Å². The van der Waals surface area contributed by atoms with Crippen molar-refractivity contribution in [3.63, 3.8) is 0 Å². The number of amides is 1. The van der Waals surface area contributed by atoms with Crippen molar-refractivity contribution in [2.75, 3.05) is 5.32 Å². The molecule has 1 N–H and O–H groups in total. The van der Waals surface area contributed by atoms with Crippen molar-refractivity contribution in [2.45, 2.75) is 26.9 Å². The summed E-state index contributed by atoms with van der Waals surface area (Å²) in [5.41, 5.74) is 1.38. The van der Waals surface area contributed by atoms with E-state index in [0.717, 1.165) is 0 Å². The second-order valence-corrected chi connectivity index (χ2v) is 6.37. The normalized spacial score (nSPS) is 11.9. The molecule has 0 spiro atoms. The molecule has 1 atom stereocenters. The summed E-state index contributed by atoms with van der Waals surface area (Å²) >= 11 is 6.28. The Morgan fingerprint density at radius 2 is 1.96 bits per heavy atom. The number of hydrogen-bond donors (Lipinski definition) is 1. The number of hydrogen-bond acceptors (Lipinski definition) is 6. The predicted molar refractivity (Wildman–Crippen MR) is 98.0 cm³/mol. The van der Waals surface area contributed by atoms with E-state index in [4.69, 9.17) is 20.9 Å². The monoisotopic (exact) mass is 406 g/mol. The maximum Gasteiger partial charge on any atom is 0.344 e. The minimum absolute atomic E-state index is 0.00687. The van der Waals surface area contributed by atoms with Gasteiger partial charge in [0.25, 0.3) is 5.91 Å². The number of nitrogens with zero attached hydrogens (tertiary/aromatic N) is 3. The van der Waals surface area contributed by atoms with Crippen LogP contribution in [0.3, 0.4) is 0 Å². The van der Waals surface area contributed by atoms with Gasteiger partial charge in [0.15, 0.2) is 6.10 Å². The van der Waals surface area contributed by atoms with Crippen LogP contribution in [0.1, 0.15) is 28.7 Å². The van der Waals surface area contributed by atoms with Crippen LogP contribution >= 0.6 is 11.6 Å².